The van der Waals surface area contributed by atoms with Crippen molar-refractivity contribution in [1.82, 2.24) is 0 Å². The number of ether oxygens (including phenoxy) is 2. The molecule has 1 N–H and O–H groups in total. The molecule has 0 saturated carbocycles. The summed E-state index contributed by atoms with van der Waals surface area (Å²) in [5.41, 5.74) is 6.38. The molecule has 1 aliphatic carbocycles. The highest BCUT2D eigenvalue weighted by Crippen LogP contribution is 2.42. The summed E-state index contributed by atoms with van der Waals surface area (Å²) < 4.78 is 12.1. The van der Waals surface area contributed by atoms with Crippen molar-refractivity contribution < 1.29 is 19.4 Å². The molecule has 0 radical (unpaired) electrons. The minimum absolute atomic E-state index is 0.0461. The van der Waals surface area contributed by atoms with E-state index in [1.165, 1.54) is 0 Å². The first-order valence-electron chi connectivity index (χ1n) is 11.2. The molecule has 2 aliphatic rings. The maximum atomic E-state index is 11.1. The molecule has 3 aromatic rings. The number of nitrogens with zero attached hydrogens (tertiary/aromatic N) is 2. The Morgan fingerprint density at radius 2 is 1.94 bits per heavy atom. The summed E-state index contributed by atoms with van der Waals surface area (Å²) in [6.07, 6.45) is 2.11. The van der Waals surface area contributed by atoms with Crippen molar-refractivity contribution in [3.05, 3.63) is 93.5 Å². The van der Waals surface area contributed by atoms with E-state index < -0.39 is 5.97 Å². The van der Waals surface area contributed by atoms with Gasteiger partial charge in [-0.3, -0.25) is 4.79 Å². The molecular formula is C28H22N2O4. The first kappa shape index (κ1) is 21.6. The molecule has 6 nitrogen and oxygen atoms in total. The van der Waals surface area contributed by atoms with Gasteiger partial charge >= 0.3 is 5.97 Å². The smallest absolute Gasteiger partial charge is 0.304 e. The summed E-state index contributed by atoms with van der Waals surface area (Å²) in [6.45, 7) is 0.366. The van der Waals surface area contributed by atoms with E-state index in [0.29, 0.717) is 35.7 Å². The van der Waals surface area contributed by atoms with Gasteiger partial charge in [-0.2, -0.15) is 10.5 Å². The van der Waals surface area contributed by atoms with Gasteiger partial charge in [0, 0.05) is 17.5 Å². The number of benzene rings is 3. The average molecular weight is 450 g/mol. The maximum Gasteiger partial charge on any atom is 0.304 e. The van der Waals surface area contributed by atoms with Gasteiger partial charge in [-0.15, -0.1) is 0 Å². The molecule has 0 aromatic heterocycles. The van der Waals surface area contributed by atoms with Crippen LogP contribution in [0.15, 0.2) is 54.6 Å². The lowest BCUT2D eigenvalue weighted by molar-refractivity contribution is -0.137. The number of fused-ring (bicyclic) bond motifs is 2. The molecule has 1 heterocycles. The largest absolute Gasteiger partial charge is 0.492 e. The highest BCUT2D eigenvalue weighted by molar-refractivity contribution is 5.69. The zero-order valence-corrected chi connectivity index (χ0v) is 18.5. The Labute approximate surface area is 197 Å². The van der Waals surface area contributed by atoms with Crippen molar-refractivity contribution in [3.63, 3.8) is 0 Å². The Hall–Kier alpha value is -4.29. The number of nitriles is 2. The predicted octanol–water partition coefficient (Wildman–Crippen LogP) is 5.04. The fourth-order valence-electron chi connectivity index (χ4n) is 5.00. The summed E-state index contributed by atoms with van der Waals surface area (Å²) in [7, 11) is 0. The van der Waals surface area contributed by atoms with Crippen molar-refractivity contribution in [1.29, 1.82) is 10.5 Å². The molecule has 0 fully saturated rings. The third kappa shape index (κ3) is 4.07. The van der Waals surface area contributed by atoms with Crippen LogP contribution in [0.3, 0.4) is 0 Å². The summed E-state index contributed by atoms with van der Waals surface area (Å²) in [5.74, 6) is 0.386. The summed E-state index contributed by atoms with van der Waals surface area (Å²) in [5, 5.41) is 28.0. The van der Waals surface area contributed by atoms with Gasteiger partial charge in [0.2, 0.25) is 0 Å². The molecule has 0 spiro atoms. The van der Waals surface area contributed by atoms with E-state index in [1.54, 1.807) is 6.07 Å². The fraction of sp³-hybridized carbons (Fsp3) is 0.250. The lowest BCUT2D eigenvalue weighted by atomic mass is 9.92. The van der Waals surface area contributed by atoms with Crippen LogP contribution >= 0.6 is 0 Å². The van der Waals surface area contributed by atoms with Gasteiger partial charge in [-0.05, 0) is 65.8 Å². The van der Waals surface area contributed by atoms with Crippen molar-refractivity contribution in [3.8, 4) is 23.6 Å². The van der Waals surface area contributed by atoms with Crippen LogP contribution in [-0.4, -0.2) is 17.7 Å². The van der Waals surface area contributed by atoms with Crippen LogP contribution in [0.2, 0.25) is 0 Å². The van der Waals surface area contributed by atoms with Crippen molar-refractivity contribution in [2.75, 3.05) is 6.61 Å². The number of rotatable bonds is 6. The fourth-order valence-corrected chi connectivity index (χ4v) is 5.00. The summed E-state index contributed by atoms with van der Waals surface area (Å²) in [6, 6.07) is 21.4. The quantitative estimate of drug-likeness (QED) is 0.564. The molecule has 6 heteroatoms. The normalized spacial score (nSPS) is 17.7. The monoisotopic (exact) mass is 450 g/mol. The summed E-state index contributed by atoms with van der Waals surface area (Å²) >= 11 is 0. The van der Waals surface area contributed by atoms with E-state index in [9.17, 15) is 15.3 Å². The average Bonchev–Trinajstić information content (AvgIpc) is 3.43. The molecule has 5 rings (SSSR count). The molecule has 168 valence electrons. The van der Waals surface area contributed by atoms with E-state index in [1.807, 2.05) is 48.5 Å². The van der Waals surface area contributed by atoms with Gasteiger partial charge in [0.25, 0.3) is 0 Å². The van der Waals surface area contributed by atoms with Crippen LogP contribution in [0, 0.1) is 22.7 Å². The molecule has 1 unspecified atom stereocenters. The second-order valence-corrected chi connectivity index (χ2v) is 8.71. The molecular weight excluding hydrogens is 428 g/mol. The third-order valence-electron chi connectivity index (χ3n) is 6.59. The Balaban J connectivity index is 1.40. The van der Waals surface area contributed by atoms with Gasteiger partial charge in [0.1, 0.15) is 17.6 Å². The molecule has 2 atom stereocenters. The molecule has 3 aromatic carbocycles. The number of carbonyl (C=O) groups is 1. The number of hydrogen-bond donors (Lipinski definition) is 1. The van der Waals surface area contributed by atoms with E-state index >= 15 is 0 Å². The van der Waals surface area contributed by atoms with Gasteiger partial charge in [0.15, 0.2) is 0 Å². The zero-order chi connectivity index (χ0) is 23.7. The minimum Gasteiger partial charge on any atom is -0.492 e. The van der Waals surface area contributed by atoms with Crippen molar-refractivity contribution in [2.45, 2.75) is 37.7 Å². The van der Waals surface area contributed by atoms with Gasteiger partial charge in [-0.1, -0.05) is 24.3 Å². The van der Waals surface area contributed by atoms with Crippen LogP contribution in [0.1, 0.15) is 63.8 Å². The molecule has 0 amide bonds. The topological polar surface area (TPSA) is 103 Å². The SMILES string of the molecule is N#Cc1cccc(Cc2c(C#N)ccc3c2CC[C@H]3Oc2ccc3c(c2)OCC3CC(=O)O)c1. The Morgan fingerprint density at radius 3 is 2.74 bits per heavy atom. The second-order valence-electron chi connectivity index (χ2n) is 8.71. The summed E-state index contributed by atoms with van der Waals surface area (Å²) in [4.78, 5) is 11.1. The van der Waals surface area contributed by atoms with Crippen LogP contribution in [0.5, 0.6) is 11.5 Å². The van der Waals surface area contributed by atoms with Gasteiger partial charge in [-0.25, -0.2) is 0 Å². The van der Waals surface area contributed by atoms with Crippen LogP contribution in [0.4, 0.5) is 0 Å². The van der Waals surface area contributed by atoms with E-state index in [2.05, 4.69) is 12.1 Å². The van der Waals surface area contributed by atoms with Crippen LogP contribution in [0.25, 0.3) is 0 Å². The third-order valence-corrected chi connectivity index (χ3v) is 6.59. The minimum atomic E-state index is -0.837. The highest BCUT2D eigenvalue weighted by atomic mass is 16.5. The highest BCUT2D eigenvalue weighted by Gasteiger charge is 2.30. The Kier molecular flexibility index (Phi) is 5.65. The molecule has 0 bridgehead atoms. The lowest BCUT2D eigenvalue weighted by Crippen LogP contribution is -2.07. The number of carboxylic acids is 1. The predicted molar refractivity (Wildman–Crippen MR) is 124 cm³/mol. The second kappa shape index (κ2) is 8.92. The van der Waals surface area contributed by atoms with E-state index in [4.69, 9.17) is 14.6 Å². The zero-order valence-electron chi connectivity index (χ0n) is 18.5. The molecule has 34 heavy (non-hydrogen) atoms. The number of carboxylic acid groups (broad SMARTS) is 1. The van der Waals surface area contributed by atoms with Crippen molar-refractivity contribution >= 4 is 5.97 Å². The van der Waals surface area contributed by atoms with E-state index in [-0.39, 0.29) is 18.4 Å². The van der Waals surface area contributed by atoms with E-state index in [0.717, 1.165) is 40.7 Å². The first-order valence-corrected chi connectivity index (χ1v) is 11.2. The van der Waals surface area contributed by atoms with Crippen molar-refractivity contribution in [2.24, 2.45) is 0 Å². The standard InChI is InChI=1S/C28H22N2O4/c29-14-18-3-1-2-17(10-18)11-25-19(15-30)4-6-24-23(25)8-9-26(24)34-21-5-7-22-20(12-28(31)32)16-33-27(22)13-21/h1-7,10,13,20,26H,8-9,11-12,16H2,(H,31,32)/t20?,26-/m1/s1. The lowest BCUT2D eigenvalue weighted by Gasteiger charge is -2.17. The molecule has 0 saturated heterocycles. The van der Waals surface area contributed by atoms with Gasteiger partial charge in [0.05, 0.1) is 36.3 Å². The van der Waals surface area contributed by atoms with Gasteiger partial charge < -0.3 is 14.6 Å². The van der Waals surface area contributed by atoms with Crippen LogP contribution < -0.4 is 9.47 Å². The Morgan fingerprint density at radius 1 is 1.09 bits per heavy atom. The first-order chi connectivity index (χ1) is 16.6. The molecule has 1 aliphatic heterocycles. The number of aliphatic carboxylic acids is 1. The van der Waals surface area contributed by atoms with Crippen LogP contribution in [-0.2, 0) is 17.6 Å². The maximum absolute atomic E-state index is 11.1. The number of hydrogen-bond acceptors (Lipinski definition) is 5. The Bertz CT molecular complexity index is 1370.